The third-order valence-corrected chi connectivity index (χ3v) is 1.68. The number of aromatic amines is 1. The molecule has 1 aromatic rings. The lowest BCUT2D eigenvalue weighted by atomic mass is 10.4. The van der Waals surface area contributed by atoms with E-state index in [1.165, 1.54) is 6.07 Å². The number of aryl methyl sites for hydroxylation is 1. The highest BCUT2D eigenvalue weighted by molar-refractivity contribution is 5.32. The zero-order valence-electron chi connectivity index (χ0n) is 8.05. The number of nitrogens with zero attached hydrogens (tertiary/aromatic N) is 1. The summed E-state index contributed by atoms with van der Waals surface area (Å²) in [5.41, 5.74) is -0.0922. The van der Waals surface area contributed by atoms with Crippen molar-refractivity contribution in [2.75, 3.05) is 11.9 Å². The van der Waals surface area contributed by atoms with Gasteiger partial charge in [-0.2, -0.15) is 0 Å². The Balaban J connectivity index is 2.82. The number of H-pyrrole nitrogens is 1. The monoisotopic (exact) mass is 181 g/mol. The van der Waals surface area contributed by atoms with E-state index in [1.807, 2.05) is 6.92 Å². The van der Waals surface area contributed by atoms with E-state index in [0.29, 0.717) is 5.82 Å². The van der Waals surface area contributed by atoms with Gasteiger partial charge in [0.1, 0.15) is 11.6 Å². The summed E-state index contributed by atoms with van der Waals surface area (Å²) in [6.45, 7) is 4.88. The van der Waals surface area contributed by atoms with E-state index in [0.717, 1.165) is 25.2 Å². The second-order valence-corrected chi connectivity index (χ2v) is 2.86. The van der Waals surface area contributed by atoms with Crippen LogP contribution in [0.15, 0.2) is 10.9 Å². The maximum Gasteiger partial charge on any atom is 0.252 e. The molecule has 13 heavy (non-hydrogen) atoms. The minimum Gasteiger partial charge on any atom is -0.370 e. The van der Waals surface area contributed by atoms with E-state index in [-0.39, 0.29) is 5.56 Å². The molecule has 1 heterocycles. The number of nitrogens with one attached hydrogen (secondary N) is 2. The van der Waals surface area contributed by atoms with Gasteiger partial charge in [-0.05, 0) is 6.42 Å². The molecule has 0 aromatic carbocycles. The quantitative estimate of drug-likeness (QED) is 0.732. The van der Waals surface area contributed by atoms with Gasteiger partial charge in [-0.15, -0.1) is 0 Å². The second-order valence-electron chi connectivity index (χ2n) is 2.86. The van der Waals surface area contributed by atoms with Crippen molar-refractivity contribution in [3.05, 3.63) is 22.2 Å². The molecule has 4 nitrogen and oxygen atoms in total. The fraction of sp³-hybridized carbons (Fsp3) is 0.556. The van der Waals surface area contributed by atoms with Gasteiger partial charge >= 0.3 is 0 Å². The molecular formula is C9H15N3O. The third kappa shape index (κ3) is 2.89. The van der Waals surface area contributed by atoms with Gasteiger partial charge in [-0.3, -0.25) is 4.79 Å². The SMILES string of the molecule is CCCNc1cc(=O)[nH]c(CC)n1. The first-order chi connectivity index (χ1) is 6.26. The van der Waals surface area contributed by atoms with E-state index in [1.54, 1.807) is 0 Å². The molecule has 0 spiro atoms. The number of rotatable bonds is 4. The minimum absolute atomic E-state index is 0.0922. The first kappa shape index (κ1) is 9.77. The predicted molar refractivity (Wildman–Crippen MR) is 53.0 cm³/mol. The van der Waals surface area contributed by atoms with Crippen LogP contribution in [0.2, 0.25) is 0 Å². The molecule has 1 aromatic heterocycles. The van der Waals surface area contributed by atoms with Gasteiger partial charge in [0.05, 0.1) is 0 Å². The Morgan fingerprint density at radius 2 is 2.31 bits per heavy atom. The Morgan fingerprint density at radius 3 is 2.92 bits per heavy atom. The normalized spacial score (nSPS) is 10.0. The van der Waals surface area contributed by atoms with Crippen molar-refractivity contribution in [3.8, 4) is 0 Å². The molecule has 0 aliphatic rings. The smallest absolute Gasteiger partial charge is 0.252 e. The summed E-state index contributed by atoms with van der Waals surface area (Å²) in [4.78, 5) is 18.0. The van der Waals surface area contributed by atoms with Crippen LogP contribution in [-0.2, 0) is 6.42 Å². The van der Waals surface area contributed by atoms with Crippen molar-refractivity contribution in [3.63, 3.8) is 0 Å². The molecule has 0 fully saturated rings. The van der Waals surface area contributed by atoms with Crippen LogP contribution >= 0.6 is 0 Å². The summed E-state index contributed by atoms with van der Waals surface area (Å²) >= 11 is 0. The standard InChI is InChI=1S/C9H15N3O/c1-3-5-10-8-6-9(13)12-7(4-2)11-8/h6H,3-5H2,1-2H3,(H2,10,11,12,13). The summed E-state index contributed by atoms with van der Waals surface area (Å²) in [5, 5.41) is 3.08. The highest BCUT2D eigenvalue weighted by Gasteiger charge is 1.97. The van der Waals surface area contributed by atoms with Gasteiger partial charge in [0, 0.05) is 19.0 Å². The molecule has 0 radical (unpaired) electrons. The van der Waals surface area contributed by atoms with E-state index in [2.05, 4.69) is 22.2 Å². The number of aromatic nitrogens is 2. The lowest BCUT2D eigenvalue weighted by Crippen LogP contribution is -2.13. The first-order valence-electron chi connectivity index (χ1n) is 4.60. The van der Waals surface area contributed by atoms with Crippen LogP contribution in [0.5, 0.6) is 0 Å². The lowest BCUT2D eigenvalue weighted by molar-refractivity contribution is 0.903. The van der Waals surface area contributed by atoms with Crippen molar-refractivity contribution < 1.29 is 0 Å². The zero-order valence-corrected chi connectivity index (χ0v) is 8.05. The molecule has 72 valence electrons. The van der Waals surface area contributed by atoms with Gasteiger partial charge in [0.2, 0.25) is 0 Å². The summed E-state index contributed by atoms with van der Waals surface area (Å²) in [7, 11) is 0. The van der Waals surface area contributed by atoms with Crippen molar-refractivity contribution in [2.24, 2.45) is 0 Å². The summed E-state index contributed by atoms with van der Waals surface area (Å²) in [6, 6.07) is 1.48. The van der Waals surface area contributed by atoms with Gasteiger partial charge in [-0.1, -0.05) is 13.8 Å². The molecule has 0 bridgehead atoms. The Kier molecular flexibility index (Phi) is 3.49. The average Bonchev–Trinajstić information content (AvgIpc) is 2.14. The highest BCUT2D eigenvalue weighted by Crippen LogP contribution is 1.98. The molecule has 0 aliphatic heterocycles. The van der Waals surface area contributed by atoms with E-state index >= 15 is 0 Å². The van der Waals surface area contributed by atoms with Crippen molar-refractivity contribution in [2.45, 2.75) is 26.7 Å². The summed E-state index contributed by atoms with van der Waals surface area (Å²) in [6.07, 6.45) is 1.77. The first-order valence-corrected chi connectivity index (χ1v) is 4.60. The second kappa shape index (κ2) is 4.64. The Labute approximate surface area is 77.4 Å². The van der Waals surface area contributed by atoms with Gasteiger partial charge in [0.25, 0.3) is 5.56 Å². The van der Waals surface area contributed by atoms with E-state index in [4.69, 9.17) is 0 Å². The molecule has 0 amide bonds. The minimum atomic E-state index is -0.0922. The fourth-order valence-electron chi connectivity index (χ4n) is 1.02. The Hall–Kier alpha value is -1.32. The number of anilines is 1. The summed E-state index contributed by atoms with van der Waals surface area (Å²) < 4.78 is 0. The lowest BCUT2D eigenvalue weighted by Gasteiger charge is -2.03. The molecule has 0 atom stereocenters. The molecule has 4 heteroatoms. The average molecular weight is 181 g/mol. The molecule has 0 aliphatic carbocycles. The van der Waals surface area contributed by atoms with Crippen LogP contribution in [0.3, 0.4) is 0 Å². The molecule has 0 saturated carbocycles. The molecule has 0 unspecified atom stereocenters. The third-order valence-electron chi connectivity index (χ3n) is 1.68. The molecular weight excluding hydrogens is 166 g/mol. The Morgan fingerprint density at radius 1 is 1.54 bits per heavy atom. The van der Waals surface area contributed by atoms with E-state index in [9.17, 15) is 4.79 Å². The maximum absolute atomic E-state index is 11.1. The fourth-order valence-corrected chi connectivity index (χ4v) is 1.02. The van der Waals surface area contributed by atoms with Crippen molar-refractivity contribution in [1.29, 1.82) is 0 Å². The van der Waals surface area contributed by atoms with Crippen LogP contribution in [-0.4, -0.2) is 16.5 Å². The largest absolute Gasteiger partial charge is 0.370 e. The number of hydrogen-bond acceptors (Lipinski definition) is 3. The van der Waals surface area contributed by atoms with Gasteiger partial charge < -0.3 is 10.3 Å². The maximum atomic E-state index is 11.1. The predicted octanol–water partition coefficient (Wildman–Crippen LogP) is 1.15. The van der Waals surface area contributed by atoms with E-state index < -0.39 is 0 Å². The van der Waals surface area contributed by atoms with Crippen LogP contribution in [0.25, 0.3) is 0 Å². The van der Waals surface area contributed by atoms with Crippen LogP contribution < -0.4 is 10.9 Å². The van der Waals surface area contributed by atoms with Crippen LogP contribution in [0.1, 0.15) is 26.1 Å². The zero-order chi connectivity index (χ0) is 9.68. The topological polar surface area (TPSA) is 57.8 Å². The van der Waals surface area contributed by atoms with Gasteiger partial charge in [-0.25, -0.2) is 4.98 Å². The van der Waals surface area contributed by atoms with Crippen LogP contribution in [0, 0.1) is 0 Å². The molecule has 2 N–H and O–H groups in total. The van der Waals surface area contributed by atoms with Gasteiger partial charge in [0.15, 0.2) is 0 Å². The number of hydrogen-bond donors (Lipinski definition) is 2. The highest BCUT2D eigenvalue weighted by atomic mass is 16.1. The van der Waals surface area contributed by atoms with Crippen molar-refractivity contribution >= 4 is 5.82 Å². The van der Waals surface area contributed by atoms with Crippen LogP contribution in [0.4, 0.5) is 5.82 Å². The molecule has 0 saturated heterocycles. The molecule has 1 rings (SSSR count). The summed E-state index contributed by atoms with van der Waals surface area (Å²) in [5.74, 6) is 1.40. The van der Waals surface area contributed by atoms with Crippen molar-refractivity contribution in [1.82, 2.24) is 9.97 Å². The Bertz CT molecular complexity index is 319.